The van der Waals surface area contributed by atoms with Gasteiger partial charge in [0.15, 0.2) is 0 Å². The van der Waals surface area contributed by atoms with E-state index in [2.05, 4.69) is 10.0 Å². The molecule has 7 heteroatoms. The van der Waals surface area contributed by atoms with Gasteiger partial charge in [-0.1, -0.05) is 13.8 Å². The minimum atomic E-state index is -3.45. The molecule has 1 aliphatic rings. The van der Waals surface area contributed by atoms with Gasteiger partial charge in [-0.2, -0.15) is 0 Å². The number of hydrogen-bond acceptors (Lipinski definition) is 5. The van der Waals surface area contributed by atoms with Gasteiger partial charge in [0.2, 0.25) is 10.0 Å². The number of ether oxygens (including phenoxy) is 1. The van der Waals surface area contributed by atoms with Gasteiger partial charge >= 0.3 is 0 Å². The summed E-state index contributed by atoms with van der Waals surface area (Å²) in [7, 11) is -3.45. The number of nitrogens with one attached hydrogen (secondary N) is 2. The maximum atomic E-state index is 12.6. The first kappa shape index (κ1) is 16.9. The van der Waals surface area contributed by atoms with Crippen molar-refractivity contribution in [2.75, 3.05) is 6.61 Å². The van der Waals surface area contributed by atoms with Gasteiger partial charge in [-0.3, -0.25) is 0 Å². The van der Waals surface area contributed by atoms with Gasteiger partial charge in [0.1, 0.15) is 0 Å². The van der Waals surface area contributed by atoms with E-state index in [0.717, 1.165) is 17.7 Å². The Bertz CT molecular complexity index is 554. The first-order valence-electron chi connectivity index (χ1n) is 7.32. The van der Waals surface area contributed by atoms with Gasteiger partial charge in [0.05, 0.1) is 11.0 Å². The SMILES string of the molecule is CC(C)NCc1sccc1S(=O)(=O)NC1CCOC(C)C1. The lowest BCUT2D eigenvalue weighted by atomic mass is 10.1. The second-order valence-electron chi connectivity index (χ2n) is 5.77. The Balaban J connectivity index is 2.07. The van der Waals surface area contributed by atoms with E-state index in [1.807, 2.05) is 26.2 Å². The first-order valence-corrected chi connectivity index (χ1v) is 9.68. The molecule has 1 aliphatic heterocycles. The Labute approximate surface area is 131 Å². The fourth-order valence-corrected chi connectivity index (χ4v) is 5.06. The maximum absolute atomic E-state index is 12.6. The van der Waals surface area contributed by atoms with Crippen LogP contribution in [0.4, 0.5) is 0 Å². The minimum absolute atomic E-state index is 0.0374. The predicted molar refractivity (Wildman–Crippen MR) is 85.1 cm³/mol. The normalized spacial score (nSPS) is 23.6. The van der Waals surface area contributed by atoms with Crippen LogP contribution in [0, 0.1) is 0 Å². The van der Waals surface area contributed by atoms with E-state index in [-0.39, 0.29) is 12.1 Å². The van der Waals surface area contributed by atoms with Crippen LogP contribution in [-0.2, 0) is 21.3 Å². The summed E-state index contributed by atoms with van der Waals surface area (Å²) in [5.74, 6) is 0. The molecule has 0 amide bonds. The van der Waals surface area contributed by atoms with E-state index in [9.17, 15) is 8.42 Å². The van der Waals surface area contributed by atoms with Crippen molar-refractivity contribution in [3.05, 3.63) is 16.3 Å². The second-order valence-corrected chi connectivity index (χ2v) is 8.45. The summed E-state index contributed by atoms with van der Waals surface area (Å²) in [5.41, 5.74) is 0. The fraction of sp³-hybridized carbons (Fsp3) is 0.714. The molecule has 2 unspecified atom stereocenters. The van der Waals surface area contributed by atoms with Crippen molar-refractivity contribution in [3.8, 4) is 0 Å². The van der Waals surface area contributed by atoms with E-state index < -0.39 is 10.0 Å². The number of rotatable bonds is 6. The van der Waals surface area contributed by atoms with Crippen LogP contribution in [0.3, 0.4) is 0 Å². The van der Waals surface area contributed by atoms with E-state index in [1.54, 1.807) is 6.07 Å². The molecular formula is C14H24N2O3S2. The molecule has 2 atom stereocenters. The molecule has 2 heterocycles. The Kier molecular flexibility index (Phi) is 5.79. The molecule has 21 heavy (non-hydrogen) atoms. The van der Waals surface area contributed by atoms with Crippen LogP contribution < -0.4 is 10.0 Å². The smallest absolute Gasteiger partial charge is 0.241 e. The molecule has 5 nitrogen and oxygen atoms in total. The minimum Gasteiger partial charge on any atom is -0.378 e. The second kappa shape index (κ2) is 7.19. The molecule has 0 aliphatic carbocycles. The number of thiophene rings is 1. The Morgan fingerprint density at radius 1 is 1.48 bits per heavy atom. The van der Waals surface area contributed by atoms with Crippen molar-refractivity contribution in [3.63, 3.8) is 0 Å². The van der Waals surface area contributed by atoms with Crippen LogP contribution >= 0.6 is 11.3 Å². The zero-order chi connectivity index (χ0) is 15.5. The molecule has 2 rings (SSSR count). The molecule has 1 fully saturated rings. The summed E-state index contributed by atoms with van der Waals surface area (Å²) in [5, 5.41) is 5.10. The maximum Gasteiger partial charge on any atom is 0.241 e. The van der Waals surface area contributed by atoms with Crippen molar-refractivity contribution in [1.82, 2.24) is 10.0 Å². The van der Waals surface area contributed by atoms with Crippen LogP contribution in [-0.4, -0.2) is 33.2 Å². The third-order valence-corrected chi connectivity index (χ3v) is 6.13. The lowest BCUT2D eigenvalue weighted by molar-refractivity contribution is 0.0173. The largest absolute Gasteiger partial charge is 0.378 e. The van der Waals surface area contributed by atoms with Crippen LogP contribution in [0.2, 0.25) is 0 Å². The van der Waals surface area contributed by atoms with Crippen molar-refractivity contribution in [2.45, 2.75) is 63.2 Å². The molecule has 0 saturated carbocycles. The summed E-state index contributed by atoms with van der Waals surface area (Å²) in [4.78, 5) is 1.26. The monoisotopic (exact) mass is 332 g/mol. The highest BCUT2D eigenvalue weighted by Gasteiger charge is 2.27. The van der Waals surface area contributed by atoms with Gasteiger partial charge in [-0.25, -0.2) is 13.1 Å². The van der Waals surface area contributed by atoms with Crippen LogP contribution in [0.5, 0.6) is 0 Å². The first-order chi connectivity index (χ1) is 9.88. The summed E-state index contributed by atoms with van der Waals surface area (Å²) >= 11 is 1.47. The highest BCUT2D eigenvalue weighted by Crippen LogP contribution is 2.23. The summed E-state index contributed by atoms with van der Waals surface area (Å²) in [6.45, 7) is 7.26. The van der Waals surface area contributed by atoms with Crippen molar-refractivity contribution < 1.29 is 13.2 Å². The molecule has 1 saturated heterocycles. The molecular weight excluding hydrogens is 308 g/mol. The Morgan fingerprint density at radius 3 is 2.90 bits per heavy atom. The number of hydrogen-bond donors (Lipinski definition) is 2. The molecule has 0 radical (unpaired) electrons. The molecule has 2 N–H and O–H groups in total. The zero-order valence-corrected chi connectivity index (χ0v) is 14.4. The van der Waals surface area contributed by atoms with Gasteiger partial charge in [-0.05, 0) is 31.2 Å². The zero-order valence-electron chi connectivity index (χ0n) is 12.8. The highest BCUT2D eigenvalue weighted by atomic mass is 32.2. The van der Waals surface area contributed by atoms with Gasteiger partial charge < -0.3 is 10.1 Å². The summed E-state index contributed by atoms with van der Waals surface area (Å²) in [6, 6.07) is 1.98. The van der Waals surface area contributed by atoms with Crippen LogP contribution in [0.25, 0.3) is 0 Å². The Morgan fingerprint density at radius 2 is 2.24 bits per heavy atom. The molecule has 1 aromatic heterocycles. The van der Waals surface area contributed by atoms with Gasteiger partial charge in [0.25, 0.3) is 0 Å². The van der Waals surface area contributed by atoms with E-state index in [1.165, 1.54) is 11.3 Å². The van der Waals surface area contributed by atoms with E-state index >= 15 is 0 Å². The summed E-state index contributed by atoms with van der Waals surface area (Å²) < 4.78 is 33.4. The average molecular weight is 332 g/mol. The highest BCUT2D eigenvalue weighted by molar-refractivity contribution is 7.89. The van der Waals surface area contributed by atoms with Crippen molar-refractivity contribution >= 4 is 21.4 Å². The fourth-order valence-electron chi connectivity index (χ4n) is 2.38. The standard InChI is InChI=1S/C14H24N2O3S2/c1-10(2)15-9-13-14(5-7-20-13)21(17,18)16-12-4-6-19-11(3)8-12/h5,7,10-12,15-16H,4,6,8-9H2,1-3H3. The molecule has 1 aromatic rings. The third-order valence-electron chi connectivity index (χ3n) is 3.47. The molecule has 0 bridgehead atoms. The van der Waals surface area contributed by atoms with E-state index in [4.69, 9.17) is 4.74 Å². The molecule has 0 spiro atoms. The summed E-state index contributed by atoms with van der Waals surface area (Å²) in [6.07, 6.45) is 1.56. The van der Waals surface area contributed by atoms with Crippen LogP contribution in [0.1, 0.15) is 38.5 Å². The van der Waals surface area contributed by atoms with Crippen LogP contribution in [0.15, 0.2) is 16.3 Å². The molecule has 120 valence electrons. The topological polar surface area (TPSA) is 67.4 Å². The average Bonchev–Trinajstić information content (AvgIpc) is 2.85. The molecule has 0 aromatic carbocycles. The number of sulfonamides is 1. The van der Waals surface area contributed by atoms with Gasteiger partial charge in [-0.15, -0.1) is 11.3 Å². The van der Waals surface area contributed by atoms with Gasteiger partial charge in [0, 0.05) is 30.1 Å². The quantitative estimate of drug-likeness (QED) is 0.837. The van der Waals surface area contributed by atoms with E-state index in [0.29, 0.717) is 24.1 Å². The Hall–Kier alpha value is -0.470. The van der Waals surface area contributed by atoms with Crippen molar-refractivity contribution in [1.29, 1.82) is 0 Å². The van der Waals surface area contributed by atoms with Crippen molar-refractivity contribution in [2.24, 2.45) is 0 Å². The third kappa shape index (κ3) is 4.75. The lowest BCUT2D eigenvalue weighted by Crippen LogP contribution is -2.41. The lowest BCUT2D eigenvalue weighted by Gasteiger charge is -2.27. The predicted octanol–water partition coefficient (Wildman–Crippen LogP) is 2.09.